The lowest BCUT2D eigenvalue weighted by atomic mass is 9.79. The van der Waals surface area contributed by atoms with Crippen molar-refractivity contribution < 1.29 is 19.2 Å². The third-order valence-corrected chi connectivity index (χ3v) is 1.84. The predicted octanol–water partition coefficient (Wildman–Crippen LogP) is 0.123. The summed E-state index contributed by atoms with van der Waals surface area (Å²) in [6.45, 7) is 3.57. The van der Waals surface area contributed by atoms with Gasteiger partial charge >= 0.3 is 7.12 Å². The van der Waals surface area contributed by atoms with Crippen LogP contribution in [0.15, 0.2) is 24.8 Å². The van der Waals surface area contributed by atoms with Gasteiger partial charge in [0.25, 0.3) is 0 Å². The third kappa shape index (κ3) is 2.13. The number of rotatable bonds is 3. The van der Waals surface area contributed by atoms with Crippen LogP contribution in [0.25, 0.3) is 5.76 Å². The van der Waals surface area contributed by atoms with Gasteiger partial charge in [-0.1, -0.05) is 6.58 Å². The zero-order chi connectivity index (χ0) is 10.7. The van der Waals surface area contributed by atoms with Gasteiger partial charge in [-0.05, 0) is 18.2 Å². The van der Waals surface area contributed by atoms with Crippen molar-refractivity contribution in [1.29, 1.82) is 0 Å². The van der Waals surface area contributed by atoms with Crippen molar-refractivity contribution in [3.8, 4) is 0 Å². The molecule has 1 aromatic carbocycles. The van der Waals surface area contributed by atoms with Gasteiger partial charge in [0.1, 0.15) is 11.6 Å². The number of hydrogen-bond acceptors (Lipinski definition) is 3. The molecule has 0 amide bonds. The van der Waals surface area contributed by atoms with E-state index in [0.29, 0.717) is 11.3 Å². The molecule has 0 spiro atoms. The highest BCUT2D eigenvalue weighted by Crippen LogP contribution is 2.12. The second kappa shape index (κ2) is 4.26. The molecule has 0 aromatic heterocycles. The molecule has 3 nitrogen and oxygen atoms in total. The van der Waals surface area contributed by atoms with Crippen LogP contribution in [-0.4, -0.2) is 24.3 Å². The normalized spacial score (nSPS) is 9.71. The van der Waals surface area contributed by atoms with Crippen molar-refractivity contribution in [1.82, 2.24) is 0 Å². The Hall–Kier alpha value is -1.33. The van der Waals surface area contributed by atoms with Gasteiger partial charge in [0.15, 0.2) is 0 Å². The van der Waals surface area contributed by atoms with Crippen LogP contribution in [0.2, 0.25) is 0 Å². The number of ether oxygens (including phenoxy) is 1. The van der Waals surface area contributed by atoms with Crippen LogP contribution in [0, 0.1) is 5.82 Å². The molecule has 5 heteroatoms. The van der Waals surface area contributed by atoms with E-state index >= 15 is 0 Å². The van der Waals surface area contributed by atoms with Gasteiger partial charge in [-0.15, -0.1) is 0 Å². The van der Waals surface area contributed by atoms with Crippen LogP contribution in [0.5, 0.6) is 0 Å². The maximum atomic E-state index is 13.0. The van der Waals surface area contributed by atoms with Gasteiger partial charge in [0, 0.05) is 11.0 Å². The Morgan fingerprint density at radius 2 is 2.14 bits per heavy atom. The molecular formula is C9H10BFO3. The first kappa shape index (κ1) is 10.8. The van der Waals surface area contributed by atoms with Gasteiger partial charge < -0.3 is 14.8 Å². The second-order valence-corrected chi connectivity index (χ2v) is 2.74. The number of methoxy groups -OCH3 is 1. The molecule has 14 heavy (non-hydrogen) atoms. The first-order valence-electron chi connectivity index (χ1n) is 3.95. The summed E-state index contributed by atoms with van der Waals surface area (Å²) in [6, 6.07) is 3.87. The fraction of sp³-hybridized carbons (Fsp3) is 0.111. The van der Waals surface area contributed by atoms with E-state index in [2.05, 4.69) is 6.58 Å². The fourth-order valence-electron chi connectivity index (χ4n) is 1.03. The van der Waals surface area contributed by atoms with E-state index in [1.807, 2.05) is 0 Å². The van der Waals surface area contributed by atoms with Gasteiger partial charge in [-0.25, -0.2) is 4.39 Å². The van der Waals surface area contributed by atoms with Crippen molar-refractivity contribution in [2.45, 2.75) is 0 Å². The highest BCUT2D eigenvalue weighted by atomic mass is 19.1. The molecule has 2 N–H and O–H groups in total. The summed E-state index contributed by atoms with van der Waals surface area (Å²) in [4.78, 5) is 0. The lowest BCUT2D eigenvalue weighted by molar-refractivity contribution is 0.371. The third-order valence-electron chi connectivity index (χ3n) is 1.84. The van der Waals surface area contributed by atoms with Crippen molar-refractivity contribution in [2.75, 3.05) is 7.11 Å². The summed E-state index contributed by atoms with van der Waals surface area (Å²) in [6.07, 6.45) is 0. The van der Waals surface area contributed by atoms with Crippen LogP contribution in [0.1, 0.15) is 5.56 Å². The zero-order valence-electron chi connectivity index (χ0n) is 7.70. The topological polar surface area (TPSA) is 49.7 Å². The predicted molar refractivity (Wildman–Crippen MR) is 52.3 cm³/mol. The lowest BCUT2D eigenvalue weighted by Crippen LogP contribution is -2.33. The average Bonchev–Trinajstić information content (AvgIpc) is 2.17. The highest BCUT2D eigenvalue weighted by Gasteiger charge is 2.17. The SMILES string of the molecule is C=C(OC)c1ccc(F)c(B(O)O)c1. The average molecular weight is 196 g/mol. The molecule has 0 aliphatic rings. The van der Waals surface area contributed by atoms with Crippen molar-refractivity contribution in [3.63, 3.8) is 0 Å². The van der Waals surface area contributed by atoms with Crippen LogP contribution in [0.4, 0.5) is 4.39 Å². The molecule has 0 heterocycles. The van der Waals surface area contributed by atoms with Gasteiger partial charge in [0.2, 0.25) is 0 Å². The smallest absolute Gasteiger partial charge is 0.491 e. The van der Waals surface area contributed by atoms with Crippen molar-refractivity contribution in [2.24, 2.45) is 0 Å². The quantitative estimate of drug-likeness (QED) is 0.533. The van der Waals surface area contributed by atoms with Gasteiger partial charge in [-0.2, -0.15) is 0 Å². The van der Waals surface area contributed by atoms with E-state index < -0.39 is 12.9 Å². The molecular weight excluding hydrogens is 186 g/mol. The van der Waals surface area contributed by atoms with E-state index in [9.17, 15) is 4.39 Å². The van der Waals surface area contributed by atoms with E-state index in [4.69, 9.17) is 14.8 Å². The molecule has 1 aromatic rings. The maximum Gasteiger partial charge on any atom is 0.491 e. The van der Waals surface area contributed by atoms with E-state index in [1.54, 1.807) is 0 Å². The largest absolute Gasteiger partial charge is 0.497 e. The molecule has 0 bridgehead atoms. The Labute approximate surface area is 81.6 Å². The molecule has 0 unspecified atom stereocenters. The fourth-order valence-corrected chi connectivity index (χ4v) is 1.03. The summed E-state index contributed by atoms with van der Waals surface area (Å²) >= 11 is 0. The van der Waals surface area contributed by atoms with Crippen molar-refractivity contribution in [3.05, 3.63) is 36.2 Å². The Kier molecular flexibility index (Phi) is 3.27. The number of halogens is 1. The van der Waals surface area contributed by atoms with Crippen LogP contribution in [0.3, 0.4) is 0 Å². The van der Waals surface area contributed by atoms with Crippen LogP contribution in [-0.2, 0) is 4.74 Å². The first-order chi connectivity index (χ1) is 6.56. The molecule has 0 aliphatic heterocycles. The highest BCUT2D eigenvalue weighted by molar-refractivity contribution is 6.58. The van der Waals surface area contributed by atoms with E-state index in [1.165, 1.54) is 19.2 Å². The monoisotopic (exact) mass is 196 g/mol. The zero-order valence-corrected chi connectivity index (χ0v) is 7.70. The van der Waals surface area contributed by atoms with Crippen molar-refractivity contribution >= 4 is 18.3 Å². The molecule has 0 saturated heterocycles. The van der Waals surface area contributed by atoms with Crippen LogP contribution < -0.4 is 5.46 Å². The molecule has 1 rings (SSSR count). The molecule has 0 saturated carbocycles. The first-order valence-corrected chi connectivity index (χ1v) is 3.95. The van der Waals surface area contributed by atoms with Gasteiger partial charge in [-0.3, -0.25) is 0 Å². The molecule has 0 radical (unpaired) electrons. The maximum absolute atomic E-state index is 13.0. The molecule has 74 valence electrons. The molecule has 0 fully saturated rings. The summed E-state index contributed by atoms with van der Waals surface area (Å²) < 4.78 is 17.8. The summed E-state index contributed by atoms with van der Waals surface area (Å²) in [5.74, 6) is -0.334. The second-order valence-electron chi connectivity index (χ2n) is 2.74. The summed E-state index contributed by atoms with van der Waals surface area (Å²) in [7, 11) is -0.402. The summed E-state index contributed by atoms with van der Waals surface area (Å²) in [5, 5.41) is 17.7. The van der Waals surface area contributed by atoms with Gasteiger partial charge in [0.05, 0.1) is 7.11 Å². The molecule has 0 atom stereocenters. The standard InChI is InChI=1S/C9H10BFO3/c1-6(14-2)7-3-4-9(11)8(5-7)10(12)13/h3-5,12-13H,1H2,2H3. The number of hydrogen-bond donors (Lipinski definition) is 2. The Morgan fingerprint density at radius 1 is 1.50 bits per heavy atom. The summed E-state index contributed by atoms with van der Waals surface area (Å²) in [5.41, 5.74) is 0.317. The lowest BCUT2D eigenvalue weighted by Gasteiger charge is -2.07. The minimum Gasteiger partial charge on any atom is -0.497 e. The minimum absolute atomic E-state index is 0.194. The Balaban J connectivity index is 3.13. The van der Waals surface area contributed by atoms with Crippen LogP contribution >= 0.6 is 0 Å². The Bertz CT molecular complexity index is 352. The minimum atomic E-state index is -1.83. The van der Waals surface area contributed by atoms with E-state index in [0.717, 1.165) is 6.07 Å². The number of benzene rings is 1. The van der Waals surface area contributed by atoms with E-state index in [-0.39, 0.29) is 5.46 Å². The molecule has 0 aliphatic carbocycles. The Morgan fingerprint density at radius 3 is 2.64 bits per heavy atom.